The molecule has 19 heavy (non-hydrogen) atoms. The van der Waals surface area contributed by atoms with Crippen molar-refractivity contribution in [3.8, 4) is 0 Å². The van der Waals surface area contributed by atoms with Crippen LogP contribution >= 0.6 is 0 Å². The maximum atomic E-state index is 11.5. The van der Waals surface area contributed by atoms with Crippen molar-refractivity contribution in [2.75, 3.05) is 7.05 Å². The van der Waals surface area contributed by atoms with E-state index >= 15 is 0 Å². The van der Waals surface area contributed by atoms with Gasteiger partial charge in [-0.25, -0.2) is 4.68 Å². The average Bonchev–Trinajstić information content (AvgIpc) is 2.75. The molecule has 0 bridgehead atoms. The molecule has 0 radical (unpaired) electrons. The molecule has 2 amide bonds. The highest BCUT2D eigenvalue weighted by Gasteiger charge is 2.17. The molecule has 0 aliphatic carbocycles. The van der Waals surface area contributed by atoms with Crippen LogP contribution in [0.3, 0.4) is 0 Å². The van der Waals surface area contributed by atoms with Crippen LogP contribution in [0.5, 0.6) is 0 Å². The van der Waals surface area contributed by atoms with Crippen LogP contribution in [0.2, 0.25) is 0 Å². The first kappa shape index (κ1) is 14.5. The van der Waals surface area contributed by atoms with Gasteiger partial charge in [0.2, 0.25) is 11.8 Å². The van der Waals surface area contributed by atoms with E-state index in [0.717, 1.165) is 0 Å². The number of hydrogen-bond acceptors (Lipinski definition) is 6. The maximum absolute atomic E-state index is 11.5. The van der Waals surface area contributed by atoms with E-state index in [2.05, 4.69) is 26.2 Å². The summed E-state index contributed by atoms with van der Waals surface area (Å²) in [6.07, 6.45) is -0.207. The molecule has 10 nitrogen and oxygen atoms in total. The second-order valence-electron chi connectivity index (χ2n) is 3.73. The smallest absolute Gasteiger partial charge is 0.325 e. The first-order valence-electron chi connectivity index (χ1n) is 5.41. The summed E-state index contributed by atoms with van der Waals surface area (Å²) in [6, 6.07) is -1.00. The van der Waals surface area contributed by atoms with Crippen LogP contribution < -0.4 is 10.6 Å². The second kappa shape index (κ2) is 6.42. The number of carboxylic acids is 1. The lowest BCUT2D eigenvalue weighted by molar-refractivity contribution is -0.141. The third kappa shape index (κ3) is 4.33. The van der Waals surface area contributed by atoms with Crippen LogP contribution in [-0.4, -0.2) is 56.2 Å². The van der Waals surface area contributed by atoms with Gasteiger partial charge >= 0.3 is 5.97 Å². The largest absolute Gasteiger partial charge is 0.480 e. The monoisotopic (exact) mass is 270 g/mol. The van der Waals surface area contributed by atoms with Crippen molar-refractivity contribution in [1.82, 2.24) is 30.8 Å². The Labute approximate surface area is 108 Å². The number of rotatable bonds is 6. The Hall–Kier alpha value is -2.52. The zero-order valence-electron chi connectivity index (χ0n) is 10.5. The molecule has 0 spiro atoms. The topological polar surface area (TPSA) is 139 Å². The van der Waals surface area contributed by atoms with Crippen LogP contribution in [0, 0.1) is 0 Å². The summed E-state index contributed by atoms with van der Waals surface area (Å²) >= 11 is 0. The highest BCUT2D eigenvalue weighted by molar-refractivity contribution is 5.84. The summed E-state index contributed by atoms with van der Waals surface area (Å²) in [5.74, 6) is -1.81. The fraction of sp³-hybridized carbons (Fsp3) is 0.556. The number of hydrogen-bond donors (Lipinski definition) is 3. The Morgan fingerprint density at radius 3 is 2.63 bits per heavy atom. The number of carbonyl (C=O) groups excluding carboxylic acids is 2. The van der Waals surface area contributed by atoms with Gasteiger partial charge in [0.25, 0.3) is 0 Å². The molecule has 0 saturated carbocycles. The zero-order valence-corrected chi connectivity index (χ0v) is 10.5. The Balaban J connectivity index is 2.62. The minimum Gasteiger partial charge on any atom is -0.480 e. The van der Waals surface area contributed by atoms with Crippen molar-refractivity contribution < 1.29 is 19.5 Å². The molecule has 1 atom stereocenters. The molecule has 1 rings (SSSR count). The quantitative estimate of drug-likeness (QED) is 0.521. The minimum atomic E-state index is -1.14. The minimum absolute atomic E-state index is 0.111. The summed E-state index contributed by atoms with van der Waals surface area (Å²) < 4.78 is 1.17. The molecule has 0 aliphatic heterocycles. The maximum Gasteiger partial charge on any atom is 0.325 e. The zero-order chi connectivity index (χ0) is 14.4. The molecule has 1 aromatic rings. The molecular weight excluding hydrogens is 256 g/mol. The molecule has 104 valence electrons. The van der Waals surface area contributed by atoms with Gasteiger partial charge in [0.05, 0.1) is 6.42 Å². The number of nitrogens with zero attached hydrogens (tertiary/aromatic N) is 4. The van der Waals surface area contributed by atoms with Crippen LogP contribution in [0.4, 0.5) is 0 Å². The molecule has 1 heterocycles. The Kier molecular flexibility index (Phi) is 4.92. The van der Waals surface area contributed by atoms with Gasteiger partial charge in [-0.1, -0.05) is 0 Å². The van der Waals surface area contributed by atoms with Crippen LogP contribution in [0.25, 0.3) is 0 Å². The molecule has 0 saturated heterocycles. The number of carboxylic acid groups (broad SMARTS) is 1. The van der Waals surface area contributed by atoms with Gasteiger partial charge in [-0.05, 0) is 17.4 Å². The Morgan fingerprint density at radius 2 is 2.05 bits per heavy atom. The standard InChI is InChI=1S/C9H14N6O4/c1-5(9(18)19)11-7(16)3-6-12-13-14-15(6)4-8(17)10-2/h5H,3-4H2,1-2H3,(H,10,17)(H,11,16)(H,18,19). The molecule has 0 fully saturated rings. The number of carbonyl (C=O) groups is 3. The third-order valence-electron chi connectivity index (χ3n) is 2.24. The van der Waals surface area contributed by atoms with E-state index in [9.17, 15) is 14.4 Å². The van der Waals surface area contributed by atoms with E-state index in [1.807, 2.05) is 0 Å². The van der Waals surface area contributed by atoms with Crippen LogP contribution in [-0.2, 0) is 27.3 Å². The van der Waals surface area contributed by atoms with E-state index in [0.29, 0.717) is 0 Å². The molecule has 0 aromatic carbocycles. The van der Waals surface area contributed by atoms with Crippen LogP contribution in [0.15, 0.2) is 0 Å². The van der Waals surface area contributed by atoms with E-state index in [4.69, 9.17) is 5.11 Å². The predicted octanol–water partition coefficient (Wildman–Crippen LogP) is -2.45. The van der Waals surface area contributed by atoms with Gasteiger partial charge in [0, 0.05) is 7.05 Å². The summed E-state index contributed by atoms with van der Waals surface area (Å²) in [5.41, 5.74) is 0. The van der Waals surface area contributed by atoms with Gasteiger partial charge in [-0.15, -0.1) is 5.10 Å². The molecule has 10 heteroatoms. The van der Waals surface area contributed by atoms with E-state index in [1.54, 1.807) is 0 Å². The van der Waals surface area contributed by atoms with Crippen molar-refractivity contribution in [3.05, 3.63) is 5.82 Å². The number of aromatic nitrogens is 4. The molecule has 1 aromatic heterocycles. The van der Waals surface area contributed by atoms with Crippen molar-refractivity contribution in [2.24, 2.45) is 0 Å². The van der Waals surface area contributed by atoms with Gasteiger partial charge in [-0.2, -0.15) is 0 Å². The van der Waals surface area contributed by atoms with Gasteiger partial charge in [0.1, 0.15) is 12.6 Å². The summed E-state index contributed by atoms with van der Waals surface area (Å²) in [4.78, 5) is 33.3. The fourth-order valence-corrected chi connectivity index (χ4v) is 1.19. The fourth-order valence-electron chi connectivity index (χ4n) is 1.19. The van der Waals surface area contributed by atoms with Crippen molar-refractivity contribution in [2.45, 2.75) is 25.9 Å². The van der Waals surface area contributed by atoms with Gasteiger partial charge in [0.15, 0.2) is 5.82 Å². The predicted molar refractivity (Wildman–Crippen MR) is 60.8 cm³/mol. The number of tetrazole rings is 1. The molecule has 1 unspecified atom stereocenters. The summed E-state index contributed by atoms with van der Waals surface area (Å²) in [5, 5.41) is 23.9. The lowest BCUT2D eigenvalue weighted by Crippen LogP contribution is -2.39. The van der Waals surface area contributed by atoms with Crippen molar-refractivity contribution in [1.29, 1.82) is 0 Å². The molecule has 0 aliphatic rings. The first-order chi connectivity index (χ1) is 8.93. The van der Waals surface area contributed by atoms with Gasteiger partial charge < -0.3 is 15.7 Å². The van der Waals surface area contributed by atoms with Gasteiger partial charge in [-0.3, -0.25) is 14.4 Å². The first-order valence-corrected chi connectivity index (χ1v) is 5.41. The highest BCUT2D eigenvalue weighted by atomic mass is 16.4. The normalized spacial score (nSPS) is 11.7. The highest BCUT2D eigenvalue weighted by Crippen LogP contribution is 1.95. The van der Waals surface area contributed by atoms with E-state index < -0.39 is 17.9 Å². The number of nitrogens with one attached hydrogen (secondary N) is 2. The second-order valence-corrected chi connectivity index (χ2v) is 3.73. The van der Waals surface area contributed by atoms with E-state index in [1.165, 1.54) is 18.7 Å². The average molecular weight is 270 g/mol. The molecule has 3 N–H and O–H groups in total. The Bertz CT molecular complexity index is 485. The number of amides is 2. The lowest BCUT2D eigenvalue weighted by Gasteiger charge is -2.08. The number of aliphatic carboxylic acids is 1. The molecular formula is C9H14N6O4. The van der Waals surface area contributed by atoms with Crippen molar-refractivity contribution in [3.63, 3.8) is 0 Å². The SMILES string of the molecule is CNC(=O)Cn1nnnc1CC(=O)NC(C)C(=O)O. The van der Waals surface area contributed by atoms with E-state index in [-0.39, 0.29) is 24.7 Å². The Morgan fingerprint density at radius 1 is 1.37 bits per heavy atom. The van der Waals surface area contributed by atoms with Crippen LogP contribution in [0.1, 0.15) is 12.7 Å². The lowest BCUT2D eigenvalue weighted by atomic mass is 10.3. The number of likely N-dealkylation sites (N-methyl/N-ethyl adjacent to an activating group) is 1. The summed E-state index contributed by atoms with van der Waals surface area (Å²) in [6.45, 7) is 1.23. The summed E-state index contributed by atoms with van der Waals surface area (Å²) in [7, 11) is 1.47. The van der Waals surface area contributed by atoms with Crippen molar-refractivity contribution >= 4 is 17.8 Å². The third-order valence-corrected chi connectivity index (χ3v) is 2.24.